The Kier molecular flexibility index (Phi) is 6.50. The number of aromatic nitrogens is 3. The monoisotopic (exact) mass is 454 g/mol. The molecule has 0 spiro atoms. The molecule has 4 aromatic rings. The van der Waals surface area contributed by atoms with Crippen LogP contribution < -0.4 is 21.7 Å². The van der Waals surface area contributed by atoms with E-state index in [0.29, 0.717) is 15.8 Å². The van der Waals surface area contributed by atoms with Crippen LogP contribution in [0.2, 0.25) is 0 Å². The summed E-state index contributed by atoms with van der Waals surface area (Å²) >= 11 is 0. The van der Waals surface area contributed by atoms with Gasteiger partial charge in [-0.3, -0.25) is 30.4 Å². The van der Waals surface area contributed by atoms with Crippen LogP contribution in [0, 0.1) is 0 Å². The number of hydrogen-bond acceptors (Lipinski definition) is 6. The van der Waals surface area contributed by atoms with Gasteiger partial charge in [-0.15, -0.1) is 0 Å². The first-order valence-corrected chi connectivity index (χ1v) is 10.1. The van der Waals surface area contributed by atoms with Gasteiger partial charge in [-0.25, -0.2) is 4.79 Å². The van der Waals surface area contributed by atoms with Crippen LogP contribution in [-0.4, -0.2) is 32.4 Å². The fourth-order valence-electron chi connectivity index (χ4n) is 2.93. The molecule has 3 N–H and O–H groups in total. The van der Waals surface area contributed by atoms with E-state index in [4.69, 9.17) is 0 Å². The third-order valence-corrected chi connectivity index (χ3v) is 4.59. The number of amides is 3. The minimum Gasteiger partial charge on any atom is -0.290 e. The average Bonchev–Trinajstić information content (AvgIpc) is 2.87. The lowest BCUT2D eigenvalue weighted by molar-refractivity contribution is 0.0997. The number of anilines is 2. The molecule has 3 aromatic carbocycles. The molecule has 0 bridgehead atoms. The Morgan fingerprint density at radius 3 is 1.53 bits per heavy atom. The van der Waals surface area contributed by atoms with Gasteiger partial charge in [-0.2, -0.15) is 14.6 Å². The van der Waals surface area contributed by atoms with Crippen LogP contribution in [0.15, 0.2) is 95.8 Å². The van der Waals surface area contributed by atoms with Crippen molar-refractivity contribution in [1.29, 1.82) is 0 Å². The van der Waals surface area contributed by atoms with E-state index in [1.807, 2.05) is 0 Å². The Balaban J connectivity index is 1.67. The molecule has 0 aliphatic heterocycles. The number of carbonyl (C=O) groups excluding carboxylic acids is 3. The summed E-state index contributed by atoms with van der Waals surface area (Å²) in [5.41, 5.74) is 2.30. The van der Waals surface area contributed by atoms with Crippen LogP contribution in [0.4, 0.5) is 11.9 Å². The van der Waals surface area contributed by atoms with Gasteiger partial charge in [0.15, 0.2) is 0 Å². The van der Waals surface area contributed by atoms with E-state index in [9.17, 15) is 19.2 Å². The molecule has 10 heteroatoms. The Hall–Kier alpha value is -5.12. The quantitative estimate of drug-likeness (QED) is 0.410. The summed E-state index contributed by atoms with van der Waals surface area (Å²) in [6.45, 7) is 0. The number of rotatable bonds is 6. The summed E-state index contributed by atoms with van der Waals surface area (Å²) in [7, 11) is 0. The van der Waals surface area contributed by atoms with Gasteiger partial charge in [-0.1, -0.05) is 54.6 Å². The van der Waals surface area contributed by atoms with Crippen LogP contribution in [0.3, 0.4) is 0 Å². The molecular formula is C24H18N6O4. The molecule has 0 aliphatic carbocycles. The Morgan fingerprint density at radius 1 is 0.588 bits per heavy atom. The van der Waals surface area contributed by atoms with E-state index in [1.54, 1.807) is 91.0 Å². The van der Waals surface area contributed by atoms with Crippen LogP contribution in [0.1, 0.15) is 31.1 Å². The van der Waals surface area contributed by atoms with E-state index in [1.165, 1.54) is 0 Å². The number of benzene rings is 3. The standard InChI is InChI=1S/C24H18N6O4/c31-19(16-10-4-1-5-11-16)25-22-27-23(26-20(32)17-12-6-2-7-13-17)30(24(34)28-22)29-21(33)18-14-8-3-9-15-18/h1-15H,(H,29,33)(H2,25,26,27,28,31,32,34). The molecule has 0 aliphatic rings. The van der Waals surface area contributed by atoms with E-state index in [2.05, 4.69) is 26.0 Å². The molecule has 0 fully saturated rings. The second kappa shape index (κ2) is 10.0. The lowest BCUT2D eigenvalue weighted by Gasteiger charge is -2.14. The molecule has 0 saturated carbocycles. The summed E-state index contributed by atoms with van der Waals surface area (Å²) in [5, 5.41) is 4.91. The fourth-order valence-corrected chi connectivity index (χ4v) is 2.93. The topological polar surface area (TPSA) is 135 Å². The van der Waals surface area contributed by atoms with E-state index >= 15 is 0 Å². The second-order valence-corrected chi connectivity index (χ2v) is 6.94. The minimum absolute atomic E-state index is 0.274. The van der Waals surface area contributed by atoms with Crippen LogP contribution in [-0.2, 0) is 0 Å². The molecule has 0 atom stereocenters. The Morgan fingerprint density at radius 2 is 1.03 bits per heavy atom. The van der Waals surface area contributed by atoms with Gasteiger partial charge in [0.1, 0.15) is 0 Å². The Bertz CT molecular complexity index is 1390. The maximum absolute atomic E-state index is 12.8. The van der Waals surface area contributed by atoms with Gasteiger partial charge in [0.2, 0.25) is 11.9 Å². The first-order valence-electron chi connectivity index (χ1n) is 10.1. The number of nitrogens with zero attached hydrogens (tertiary/aromatic N) is 3. The van der Waals surface area contributed by atoms with Crippen molar-refractivity contribution in [3.63, 3.8) is 0 Å². The fraction of sp³-hybridized carbons (Fsp3) is 0. The predicted molar refractivity (Wildman–Crippen MR) is 125 cm³/mol. The highest BCUT2D eigenvalue weighted by molar-refractivity contribution is 6.05. The van der Waals surface area contributed by atoms with Gasteiger partial charge in [0.05, 0.1) is 0 Å². The predicted octanol–water partition coefficient (Wildman–Crippen LogP) is 2.53. The van der Waals surface area contributed by atoms with Crippen molar-refractivity contribution in [3.05, 3.63) is 118 Å². The molecule has 3 amide bonds. The summed E-state index contributed by atoms with van der Waals surface area (Å²) in [5.74, 6) is -2.43. The third-order valence-electron chi connectivity index (χ3n) is 4.59. The van der Waals surface area contributed by atoms with Crippen molar-refractivity contribution in [3.8, 4) is 0 Å². The van der Waals surface area contributed by atoms with Crippen LogP contribution in [0.5, 0.6) is 0 Å². The van der Waals surface area contributed by atoms with Crippen molar-refractivity contribution < 1.29 is 14.4 Å². The first-order chi connectivity index (χ1) is 16.5. The van der Waals surface area contributed by atoms with E-state index < -0.39 is 23.4 Å². The molecule has 168 valence electrons. The molecule has 0 unspecified atom stereocenters. The molecule has 1 aromatic heterocycles. The summed E-state index contributed by atoms with van der Waals surface area (Å²) in [6.07, 6.45) is 0. The van der Waals surface area contributed by atoms with Crippen molar-refractivity contribution >= 4 is 29.6 Å². The average molecular weight is 454 g/mol. The molecule has 0 saturated heterocycles. The summed E-state index contributed by atoms with van der Waals surface area (Å²) in [6, 6.07) is 24.7. The van der Waals surface area contributed by atoms with Crippen molar-refractivity contribution in [1.82, 2.24) is 14.6 Å². The highest BCUT2D eigenvalue weighted by atomic mass is 16.2. The minimum atomic E-state index is -0.967. The van der Waals surface area contributed by atoms with Gasteiger partial charge < -0.3 is 0 Å². The Labute approximate surface area is 193 Å². The molecule has 34 heavy (non-hydrogen) atoms. The maximum atomic E-state index is 12.8. The van der Waals surface area contributed by atoms with Gasteiger partial charge >= 0.3 is 5.69 Å². The molecule has 1 heterocycles. The van der Waals surface area contributed by atoms with Crippen molar-refractivity contribution in [2.75, 3.05) is 16.1 Å². The summed E-state index contributed by atoms with van der Waals surface area (Å²) in [4.78, 5) is 58.4. The molecule has 4 rings (SSSR count). The largest absolute Gasteiger partial charge is 0.373 e. The zero-order valence-electron chi connectivity index (χ0n) is 17.6. The van der Waals surface area contributed by atoms with Gasteiger partial charge in [0.25, 0.3) is 17.7 Å². The molecular weight excluding hydrogens is 436 g/mol. The highest BCUT2D eigenvalue weighted by Crippen LogP contribution is 2.09. The smallest absolute Gasteiger partial charge is 0.290 e. The lowest BCUT2D eigenvalue weighted by Crippen LogP contribution is -2.38. The lowest BCUT2D eigenvalue weighted by atomic mass is 10.2. The molecule has 10 nitrogen and oxygen atoms in total. The number of hydrogen-bond donors (Lipinski definition) is 3. The normalized spacial score (nSPS) is 10.2. The van der Waals surface area contributed by atoms with Gasteiger partial charge in [-0.05, 0) is 36.4 Å². The number of carbonyl (C=O) groups is 3. The van der Waals surface area contributed by atoms with Crippen LogP contribution in [0.25, 0.3) is 0 Å². The van der Waals surface area contributed by atoms with Crippen molar-refractivity contribution in [2.45, 2.75) is 0 Å². The first kappa shape index (κ1) is 22.1. The van der Waals surface area contributed by atoms with Crippen molar-refractivity contribution in [2.24, 2.45) is 0 Å². The van der Waals surface area contributed by atoms with E-state index in [-0.39, 0.29) is 17.5 Å². The maximum Gasteiger partial charge on any atom is 0.373 e. The summed E-state index contributed by atoms with van der Waals surface area (Å²) < 4.78 is 0.703. The molecule has 0 radical (unpaired) electrons. The zero-order valence-corrected chi connectivity index (χ0v) is 17.6. The zero-order chi connectivity index (χ0) is 23.9. The van der Waals surface area contributed by atoms with E-state index in [0.717, 1.165) is 0 Å². The van der Waals surface area contributed by atoms with Crippen LogP contribution >= 0.6 is 0 Å². The third kappa shape index (κ3) is 5.19. The highest BCUT2D eigenvalue weighted by Gasteiger charge is 2.18. The SMILES string of the molecule is O=C(Nc1nc(NC(=O)c2ccccc2)n(NC(=O)c2ccccc2)c(=O)n1)c1ccccc1. The van der Waals surface area contributed by atoms with Gasteiger partial charge in [0, 0.05) is 16.7 Å². The number of nitrogens with one attached hydrogen (secondary N) is 3. The second-order valence-electron chi connectivity index (χ2n) is 6.94.